The van der Waals surface area contributed by atoms with Gasteiger partial charge in [-0.15, -0.1) is 0 Å². The highest BCUT2D eigenvalue weighted by Gasteiger charge is 2.25. The third-order valence-electron chi connectivity index (χ3n) is 2.76. The van der Waals surface area contributed by atoms with Gasteiger partial charge in [-0.1, -0.05) is 23.7 Å². The number of hydrogen-bond acceptors (Lipinski definition) is 3. The van der Waals surface area contributed by atoms with Gasteiger partial charge in [0.05, 0.1) is 0 Å². The van der Waals surface area contributed by atoms with Gasteiger partial charge in [-0.3, -0.25) is 0 Å². The maximum atomic E-state index is 13.1. The highest BCUT2D eigenvalue weighted by Crippen LogP contribution is 2.26. The summed E-state index contributed by atoms with van der Waals surface area (Å²) in [5, 5.41) is -0.107. The summed E-state index contributed by atoms with van der Waals surface area (Å²) in [4.78, 5) is 3.70. The predicted octanol–water partition coefficient (Wildman–Crippen LogP) is 3.46. The Kier molecular flexibility index (Phi) is 4.98. The van der Waals surface area contributed by atoms with Crippen LogP contribution in [0.3, 0.4) is 0 Å². The van der Waals surface area contributed by atoms with Gasteiger partial charge in [-0.25, -0.2) is 17.8 Å². The monoisotopic (exact) mass is 392 g/mol. The maximum absolute atomic E-state index is 13.1. The molecule has 0 unspecified atom stereocenters. The molecule has 1 aromatic carbocycles. The summed E-state index contributed by atoms with van der Waals surface area (Å²) >= 11 is 9.02. The van der Waals surface area contributed by atoms with E-state index in [2.05, 4.69) is 20.9 Å². The minimum absolute atomic E-state index is 0.0307. The van der Waals surface area contributed by atoms with E-state index in [0.29, 0.717) is 10.0 Å². The van der Waals surface area contributed by atoms with Gasteiger partial charge in [0.2, 0.25) is 10.0 Å². The molecule has 2 aromatic rings. The highest BCUT2D eigenvalue weighted by molar-refractivity contribution is 9.10. The largest absolute Gasteiger partial charge is 0.246 e. The zero-order valence-corrected chi connectivity index (χ0v) is 14.1. The first-order valence-electron chi connectivity index (χ1n) is 5.82. The molecule has 112 valence electrons. The van der Waals surface area contributed by atoms with E-state index in [0.717, 1.165) is 4.31 Å². The number of aromatic nitrogens is 1. The average molecular weight is 394 g/mol. The third-order valence-corrected chi connectivity index (χ3v) is 5.42. The van der Waals surface area contributed by atoms with Crippen LogP contribution in [-0.4, -0.2) is 24.8 Å². The first-order chi connectivity index (χ1) is 9.80. The number of nitrogens with zero attached hydrogens (tertiary/aromatic N) is 2. The van der Waals surface area contributed by atoms with E-state index in [-0.39, 0.29) is 16.6 Å². The Bertz CT molecular complexity index is 771. The minimum Gasteiger partial charge on any atom is -0.242 e. The number of sulfonamides is 1. The van der Waals surface area contributed by atoms with Gasteiger partial charge in [0.25, 0.3) is 0 Å². The van der Waals surface area contributed by atoms with Crippen LogP contribution in [-0.2, 0) is 16.6 Å². The van der Waals surface area contributed by atoms with Crippen LogP contribution in [0.1, 0.15) is 5.56 Å². The van der Waals surface area contributed by atoms with Crippen LogP contribution in [0.4, 0.5) is 4.39 Å². The second-order valence-electron chi connectivity index (χ2n) is 4.33. The van der Waals surface area contributed by atoms with Crippen LogP contribution >= 0.6 is 27.5 Å². The summed E-state index contributed by atoms with van der Waals surface area (Å²) in [6.07, 6.45) is 1.41. The van der Waals surface area contributed by atoms with E-state index in [1.807, 2.05) is 0 Å². The molecule has 0 fully saturated rings. The summed E-state index contributed by atoms with van der Waals surface area (Å²) in [5.41, 5.74) is 0.542. The smallest absolute Gasteiger partial charge is 0.242 e. The normalized spacial score (nSPS) is 11.9. The molecule has 0 aliphatic carbocycles. The summed E-state index contributed by atoms with van der Waals surface area (Å²) < 4.78 is 39.7. The van der Waals surface area contributed by atoms with Crippen molar-refractivity contribution in [3.05, 3.63) is 57.5 Å². The van der Waals surface area contributed by atoms with Gasteiger partial charge in [0.15, 0.2) is 0 Å². The molecule has 0 aliphatic rings. The molecule has 0 saturated carbocycles. The van der Waals surface area contributed by atoms with E-state index in [1.54, 1.807) is 6.07 Å². The Morgan fingerprint density at radius 1 is 1.38 bits per heavy atom. The molecule has 0 aliphatic heterocycles. The van der Waals surface area contributed by atoms with Crippen molar-refractivity contribution in [1.82, 2.24) is 9.29 Å². The molecule has 2 rings (SSSR count). The van der Waals surface area contributed by atoms with Crippen LogP contribution in [0.25, 0.3) is 0 Å². The lowest BCUT2D eigenvalue weighted by atomic mass is 10.2. The Morgan fingerprint density at radius 2 is 2.10 bits per heavy atom. The van der Waals surface area contributed by atoms with Crippen molar-refractivity contribution < 1.29 is 12.8 Å². The summed E-state index contributed by atoms with van der Waals surface area (Å²) in [7, 11) is -2.42. The molecule has 0 N–H and O–H groups in total. The van der Waals surface area contributed by atoms with Crippen molar-refractivity contribution in [2.45, 2.75) is 11.4 Å². The molecule has 0 atom stereocenters. The lowest BCUT2D eigenvalue weighted by Crippen LogP contribution is -2.27. The van der Waals surface area contributed by atoms with Crippen LogP contribution in [0, 0.1) is 5.82 Å². The quantitative estimate of drug-likeness (QED) is 0.748. The lowest BCUT2D eigenvalue weighted by molar-refractivity contribution is 0.465. The van der Waals surface area contributed by atoms with Crippen molar-refractivity contribution in [2.24, 2.45) is 0 Å². The number of hydrogen-bond donors (Lipinski definition) is 0. The zero-order chi connectivity index (χ0) is 15.6. The highest BCUT2D eigenvalue weighted by atomic mass is 79.9. The number of rotatable bonds is 4. The topological polar surface area (TPSA) is 50.3 Å². The molecule has 21 heavy (non-hydrogen) atoms. The summed E-state index contributed by atoms with van der Waals surface area (Å²) in [6, 6.07) is 7.14. The molecule has 0 amide bonds. The van der Waals surface area contributed by atoms with Gasteiger partial charge in [-0.2, -0.15) is 4.31 Å². The van der Waals surface area contributed by atoms with Crippen molar-refractivity contribution in [2.75, 3.05) is 7.05 Å². The molecule has 8 heteroatoms. The Balaban J connectivity index is 2.33. The van der Waals surface area contributed by atoms with Crippen molar-refractivity contribution in [3.63, 3.8) is 0 Å². The second kappa shape index (κ2) is 6.39. The van der Waals surface area contributed by atoms with Gasteiger partial charge < -0.3 is 0 Å². The zero-order valence-electron chi connectivity index (χ0n) is 10.9. The fraction of sp³-hybridized carbons (Fsp3) is 0.154. The van der Waals surface area contributed by atoms with E-state index >= 15 is 0 Å². The Labute approximate surface area is 135 Å². The molecule has 0 saturated heterocycles. The maximum Gasteiger partial charge on any atom is 0.246 e. The fourth-order valence-corrected chi connectivity index (χ4v) is 3.81. The molecule has 0 bridgehead atoms. The van der Waals surface area contributed by atoms with Crippen molar-refractivity contribution in [3.8, 4) is 0 Å². The summed E-state index contributed by atoms with van der Waals surface area (Å²) in [5.74, 6) is -0.416. The predicted molar refractivity (Wildman–Crippen MR) is 82.0 cm³/mol. The van der Waals surface area contributed by atoms with Gasteiger partial charge >= 0.3 is 0 Å². The van der Waals surface area contributed by atoms with Gasteiger partial charge in [0.1, 0.15) is 15.9 Å². The standard InChI is InChI=1S/C13H11BrClFN2O2S/c1-18(8-9-3-2-4-11(16)5-9)21(19,20)12-6-10(14)7-17-13(12)15/h2-7H,8H2,1H3. The Morgan fingerprint density at radius 3 is 2.76 bits per heavy atom. The van der Waals surface area contributed by atoms with Crippen molar-refractivity contribution in [1.29, 1.82) is 0 Å². The van der Waals surface area contributed by atoms with Crippen LogP contribution in [0.15, 0.2) is 45.9 Å². The molecule has 4 nitrogen and oxygen atoms in total. The average Bonchev–Trinajstić information content (AvgIpc) is 2.41. The van der Waals surface area contributed by atoms with Crippen LogP contribution < -0.4 is 0 Å². The van der Waals surface area contributed by atoms with E-state index in [4.69, 9.17) is 11.6 Å². The molecular formula is C13H11BrClFN2O2S. The first kappa shape index (κ1) is 16.4. The van der Waals surface area contributed by atoms with Gasteiger partial charge in [0, 0.05) is 24.3 Å². The SMILES string of the molecule is CN(Cc1cccc(F)c1)S(=O)(=O)c1cc(Br)cnc1Cl. The number of halogens is 3. The molecule has 0 radical (unpaired) electrons. The first-order valence-corrected chi connectivity index (χ1v) is 8.43. The van der Waals surface area contributed by atoms with Crippen molar-refractivity contribution >= 4 is 37.6 Å². The van der Waals surface area contributed by atoms with E-state index < -0.39 is 15.8 Å². The van der Waals surface area contributed by atoms with Gasteiger partial charge in [-0.05, 0) is 39.7 Å². The van der Waals surface area contributed by atoms with E-state index in [9.17, 15) is 12.8 Å². The van der Waals surface area contributed by atoms with Crippen LogP contribution in [0.2, 0.25) is 5.15 Å². The minimum atomic E-state index is -3.82. The van der Waals surface area contributed by atoms with Crippen LogP contribution in [0.5, 0.6) is 0 Å². The Hall–Kier alpha value is -1.02. The van der Waals surface area contributed by atoms with E-state index in [1.165, 1.54) is 37.5 Å². The second-order valence-corrected chi connectivity index (χ2v) is 7.62. The molecular weight excluding hydrogens is 383 g/mol. The lowest BCUT2D eigenvalue weighted by Gasteiger charge is -2.18. The molecule has 1 aromatic heterocycles. The fourth-order valence-electron chi connectivity index (χ4n) is 1.73. The molecule has 0 spiro atoms. The number of benzene rings is 1. The molecule has 1 heterocycles. The summed E-state index contributed by atoms with van der Waals surface area (Å²) in [6.45, 7) is 0.0307. The number of pyridine rings is 1. The third kappa shape index (κ3) is 3.79.